The van der Waals surface area contributed by atoms with E-state index >= 15 is 0 Å². The van der Waals surface area contributed by atoms with Crippen LogP contribution in [0.1, 0.15) is 23.0 Å². The normalized spacial score (nSPS) is 14.7. The van der Waals surface area contributed by atoms with E-state index in [2.05, 4.69) is 15.2 Å². The largest absolute Gasteiger partial charge is 0.340 e. The summed E-state index contributed by atoms with van der Waals surface area (Å²) in [5.74, 6) is -0.0691. The highest BCUT2D eigenvalue weighted by Gasteiger charge is 2.18. The van der Waals surface area contributed by atoms with Crippen LogP contribution in [0.2, 0.25) is 0 Å². The quantitative estimate of drug-likeness (QED) is 0.746. The van der Waals surface area contributed by atoms with Gasteiger partial charge in [-0.15, -0.1) is 0 Å². The third-order valence-corrected chi connectivity index (χ3v) is 5.32. The highest BCUT2D eigenvalue weighted by atomic mass is 16.2. The Labute approximate surface area is 170 Å². The zero-order chi connectivity index (χ0) is 20.2. The van der Waals surface area contributed by atoms with Gasteiger partial charge in [-0.25, -0.2) is 0 Å². The lowest BCUT2D eigenvalue weighted by molar-refractivity contribution is -0.130. The number of nitrogens with zero attached hydrogens (tertiary/aromatic N) is 3. The molecule has 3 aromatic rings. The average molecular weight is 388 g/mol. The van der Waals surface area contributed by atoms with Gasteiger partial charge in [-0.3, -0.25) is 19.5 Å². The summed E-state index contributed by atoms with van der Waals surface area (Å²) >= 11 is 0. The molecule has 6 heteroatoms. The molecule has 0 radical (unpaired) electrons. The van der Waals surface area contributed by atoms with Crippen LogP contribution < -0.4 is 5.32 Å². The number of rotatable bonds is 4. The van der Waals surface area contributed by atoms with Gasteiger partial charge in [0.25, 0.3) is 5.91 Å². The molecule has 6 nitrogen and oxygen atoms in total. The Balaban J connectivity index is 1.38. The van der Waals surface area contributed by atoms with E-state index in [9.17, 15) is 9.59 Å². The molecule has 2 heterocycles. The van der Waals surface area contributed by atoms with Crippen molar-refractivity contribution < 1.29 is 9.59 Å². The zero-order valence-corrected chi connectivity index (χ0v) is 16.5. The van der Waals surface area contributed by atoms with Gasteiger partial charge in [0.2, 0.25) is 5.91 Å². The van der Waals surface area contributed by atoms with E-state index in [1.165, 1.54) is 5.56 Å². The molecule has 0 unspecified atom stereocenters. The Morgan fingerprint density at radius 1 is 0.966 bits per heavy atom. The first-order valence-corrected chi connectivity index (χ1v) is 9.82. The molecule has 29 heavy (non-hydrogen) atoms. The van der Waals surface area contributed by atoms with Gasteiger partial charge in [-0.2, -0.15) is 0 Å². The van der Waals surface area contributed by atoms with Gasteiger partial charge < -0.3 is 10.2 Å². The second kappa shape index (κ2) is 8.41. The zero-order valence-electron chi connectivity index (χ0n) is 16.5. The van der Waals surface area contributed by atoms with Crippen molar-refractivity contribution in [1.29, 1.82) is 0 Å². The molecule has 0 spiro atoms. The molecule has 2 amide bonds. The molecule has 0 bridgehead atoms. The fourth-order valence-electron chi connectivity index (χ4n) is 3.66. The van der Waals surface area contributed by atoms with Crippen LogP contribution in [0.4, 0.5) is 5.69 Å². The van der Waals surface area contributed by atoms with Gasteiger partial charge in [-0.05, 0) is 29.1 Å². The van der Waals surface area contributed by atoms with Gasteiger partial charge in [0, 0.05) is 56.9 Å². The molecule has 2 aromatic carbocycles. The molecule has 4 rings (SSSR count). The predicted octanol–water partition coefficient (Wildman–Crippen LogP) is 3.15. The average Bonchev–Trinajstić information content (AvgIpc) is 2.75. The lowest BCUT2D eigenvalue weighted by Gasteiger charge is -2.34. The minimum absolute atomic E-state index is 0.144. The minimum Gasteiger partial charge on any atom is -0.340 e. The second-order valence-electron chi connectivity index (χ2n) is 7.31. The third-order valence-electron chi connectivity index (χ3n) is 5.32. The van der Waals surface area contributed by atoms with Gasteiger partial charge in [0.1, 0.15) is 5.69 Å². The molecular weight excluding hydrogens is 364 g/mol. The van der Waals surface area contributed by atoms with Crippen LogP contribution in [0.25, 0.3) is 10.8 Å². The Hall–Kier alpha value is -3.25. The monoisotopic (exact) mass is 388 g/mol. The van der Waals surface area contributed by atoms with Crippen LogP contribution >= 0.6 is 0 Å². The van der Waals surface area contributed by atoms with Crippen LogP contribution in [-0.2, 0) is 11.3 Å². The van der Waals surface area contributed by atoms with Crippen molar-refractivity contribution >= 4 is 28.3 Å². The Bertz CT molecular complexity index is 1020. The highest BCUT2D eigenvalue weighted by molar-refractivity contribution is 6.11. The van der Waals surface area contributed by atoms with Crippen molar-refractivity contribution in [3.8, 4) is 0 Å². The summed E-state index contributed by atoms with van der Waals surface area (Å²) < 4.78 is 0. The molecule has 1 fully saturated rings. The lowest BCUT2D eigenvalue weighted by atomic mass is 10.1. The first-order valence-electron chi connectivity index (χ1n) is 9.82. The van der Waals surface area contributed by atoms with Gasteiger partial charge in [0.05, 0.1) is 0 Å². The molecule has 0 saturated carbocycles. The van der Waals surface area contributed by atoms with E-state index in [-0.39, 0.29) is 11.8 Å². The summed E-state index contributed by atoms with van der Waals surface area (Å²) in [5.41, 5.74) is 2.35. The van der Waals surface area contributed by atoms with E-state index in [0.717, 1.165) is 49.2 Å². The van der Waals surface area contributed by atoms with Crippen LogP contribution in [0.3, 0.4) is 0 Å². The van der Waals surface area contributed by atoms with Crippen LogP contribution in [0.5, 0.6) is 0 Å². The van der Waals surface area contributed by atoms with Crippen molar-refractivity contribution in [3.05, 3.63) is 72.1 Å². The van der Waals surface area contributed by atoms with E-state index < -0.39 is 0 Å². The molecule has 1 aromatic heterocycles. The second-order valence-corrected chi connectivity index (χ2v) is 7.31. The molecule has 1 aliphatic rings. The third kappa shape index (κ3) is 4.43. The molecule has 0 aliphatic carbocycles. The van der Waals surface area contributed by atoms with Crippen molar-refractivity contribution in [2.24, 2.45) is 0 Å². The molecule has 1 aliphatic heterocycles. The Morgan fingerprint density at radius 2 is 1.69 bits per heavy atom. The fourth-order valence-corrected chi connectivity index (χ4v) is 3.66. The number of pyridine rings is 1. The van der Waals surface area contributed by atoms with Gasteiger partial charge in [-0.1, -0.05) is 36.4 Å². The van der Waals surface area contributed by atoms with Crippen LogP contribution in [0.15, 0.2) is 60.8 Å². The first-order chi connectivity index (χ1) is 14.1. The van der Waals surface area contributed by atoms with Crippen LogP contribution in [0, 0.1) is 0 Å². The van der Waals surface area contributed by atoms with E-state index in [0.29, 0.717) is 5.69 Å². The number of benzene rings is 2. The summed E-state index contributed by atoms with van der Waals surface area (Å²) in [7, 11) is 0. The number of aromatic nitrogens is 1. The molecular formula is C23H24N4O2. The van der Waals surface area contributed by atoms with E-state index in [4.69, 9.17) is 0 Å². The Kier molecular flexibility index (Phi) is 5.53. The fraction of sp³-hybridized carbons (Fsp3) is 0.261. The predicted molar refractivity (Wildman–Crippen MR) is 114 cm³/mol. The summed E-state index contributed by atoms with van der Waals surface area (Å²) in [5, 5.41) is 4.78. The van der Waals surface area contributed by atoms with Crippen molar-refractivity contribution in [3.63, 3.8) is 0 Å². The summed E-state index contributed by atoms with van der Waals surface area (Å²) in [4.78, 5) is 32.6. The van der Waals surface area contributed by atoms with Crippen molar-refractivity contribution in [2.75, 3.05) is 31.5 Å². The lowest BCUT2D eigenvalue weighted by Crippen LogP contribution is -2.47. The summed E-state index contributed by atoms with van der Waals surface area (Å²) in [6.45, 7) is 5.78. The number of fused-ring (bicyclic) bond motifs is 1. The highest BCUT2D eigenvalue weighted by Crippen LogP contribution is 2.18. The number of carbonyl (C=O) groups excluding carboxylic acids is 2. The summed E-state index contributed by atoms with van der Waals surface area (Å²) in [6.07, 6.45) is 1.66. The molecule has 148 valence electrons. The number of carbonyl (C=O) groups is 2. The molecule has 1 N–H and O–H groups in total. The maximum atomic E-state index is 12.7. The van der Waals surface area contributed by atoms with E-state index in [1.54, 1.807) is 13.1 Å². The molecule has 1 saturated heterocycles. The maximum absolute atomic E-state index is 12.7. The van der Waals surface area contributed by atoms with E-state index in [1.807, 2.05) is 59.5 Å². The van der Waals surface area contributed by atoms with Gasteiger partial charge in [0.15, 0.2) is 0 Å². The number of amides is 2. The minimum atomic E-state index is -0.213. The SMILES string of the molecule is CC(=O)N1CCN(Cc2ccc(NC(=O)c3nccc4ccccc34)cc2)CC1. The van der Waals surface area contributed by atoms with Crippen molar-refractivity contribution in [2.45, 2.75) is 13.5 Å². The maximum Gasteiger partial charge on any atom is 0.274 e. The number of nitrogens with one attached hydrogen (secondary N) is 1. The number of anilines is 1. The van der Waals surface area contributed by atoms with Crippen LogP contribution in [-0.4, -0.2) is 52.8 Å². The standard InChI is InChI=1S/C23H24N4O2/c1-17(28)27-14-12-26(13-15-27)16-18-6-8-20(9-7-18)25-23(29)22-21-5-3-2-4-19(21)10-11-24-22/h2-11H,12-16H2,1H3,(H,25,29). The Morgan fingerprint density at radius 3 is 2.41 bits per heavy atom. The molecule has 0 atom stereocenters. The van der Waals surface area contributed by atoms with Crippen molar-refractivity contribution in [1.82, 2.24) is 14.8 Å². The number of hydrogen-bond donors (Lipinski definition) is 1. The number of hydrogen-bond acceptors (Lipinski definition) is 4. The summed E-state index contributed by atoms with van der Waals surface area (Å²) in [6, 6.07) is 17.5. The topological polar surface area (TPSA) is 65.5 Å². The number of piperazine rings is 1. The van der Waals surface area contributed by atoms with Gasteiger partial charge >= 0.3 is 0 Å². The first kappa shape index (κ1) is 19.1. The smallest absolute Gasteiger partial charge is 0.274 e.